The van der Waals surface area contributed by atoms with Gasteiger partial charge in [-0.2, -0.15) is 0 Å². The first kappa shape index (κ1) is 17.9. The van der Waals surface area contributed by atoms with E-state index in [9.17, 15) is 5.11 Å². The molecule has 3 heteroatoms. The monoisotopic (exact) mass is 328 g/mol. The summed E-state index contributed by atoms with van der Waals surface area (Å²) in [5, 5.41) is 12.9. The average molecular weight is 329 g/mol. The van der Waals surface area contributed by atoms with E-state index in [0.717, 1.165) is 0 Å². The van der Waals surface area contributed by atoms with Crippen molar-refractivity contribution in [3.63, 3.8) is 0 Å². The van der Waals surface area contributed by atoms with Gasteiger partial charge in [0.15, 0.2) is 0 Å². The van der Waals surface area contributed by atoms with Crippen LogP contribution in [0, 0.1) is 11.3 Å². The second-order valence-electron chi connectivity index (χ2n) is 7.29. The molecule has 0 amide bonds. The number of aliphatic hydroxyl groups excluding tert-OH is 1. The van der Waals surface area contributed by atoms with Crippen molar-refractivity contribution in [3.05, 3.63) is 60.7 Å². The maximum atomic E-state index is 10.5. The molecule has 124 valence electrons. The van der Waals surface area contributed by atoms with Crippen LogP contribution in [0.5, 0.6) is 0 Å². The van der Waals surface area contributed by atoms with Gasteiger partial charge in [0.1, 0.15) is 6.29 Å². The summed E-state index contributed by atoms with van der Waals surface area (Å²) in [7, 11) is -1.87. The van der Waals surface area contributed by atoms with Gasteiger partial charge in [-0.05, 0) is 21.7 Å². The molecule has 0 saturated heterocycles. The van der Waals surface area contributed by atoms with Crippen molar-refractivity contribution in [3.8, 4) is 0 Å². The van der Waals surface area contributed by atoms with Crippen LogP contribution in [0.2, 0.25) is 0 Å². The molecule has 2 unspecified atom stereocenters. The standard InChI is InChI=1S/C20H28O2Si/c1-16(20(2,3)4)15-19(21)22-23(17-11-7-5-8-12-17)18-13-9-6-10-14-18/h5-14,16,19,21,23H,15H2,1-4H3. The van der Waals surface area contributed by atoms with Gasteiger partial charge in [-0.3, -0.25) is 0 Å². The van der Waals surface area contributed by atoms with E-state index in [1.54, 1.807) is 0 Å². The highest BCUT2D eigenvalue weighted by Crippen LogP contribution is 2.29. The minimum atomic E-state index is -1.87. The summed E-state index contributed by atoms with van der Waals surface area (Å²) in [4.78, 5) is 0. The topological polar surface area (TPSA) is 29.5 Å². The number of hydrogen-bond acceptors (Lipinski definition) is 2. The molecule has 0 aliphatic rings. The molecular formula is C20H28O2Si. The van der Waals surface area contributed by atoms with Crippen LogP contribution in [0.4, 0.5) is 0 Å². The zero-order valence-corrected chi connectivity index (χ0v) is 15.7. The van der Waals surface area contributed by atoms with Crippen molar-refractivity contribution in [1.29, 1.82) is 0 Å². The molecule has 0 saturated carbocycles. The summed E-state index contributed by atoms with van der Waals surface area (Å²) in [6.07, 6.45) is -0.0616. The molecule has 0 spiro atoms. The summed E-state index contributed by atoms with van der Waals surface area (Å²) in [6.45, 7) is 8.78. The number of rotatable bonds is 6. The SMILES string of the molecule is CC(CC(O)O[SiH](c1ccccc1)c1ccccc1)C(C)(C)C. The van der Waals surface area contributed by atoms with Crippen molar-refractivity contribution in [2.45, 2.75) is 40.4 Å². The van der Waals surface area contributed by atoms with E-state index >= 15 is 0 Å². The third kappa shape index (κ3) is 5.31. The highest BCUT2D eigenvalue weighted by atomic mass is 28.3. The molecule has 1 N–H and O–H groups in total. The van der Waals surface area contributed by atoms with E-state index in [0.29, 0.717) is 12.3 Å². The molecule has 2 aromatic carbocycles. The fourth-order valence-corrected chi connectivity index (χ4v) is 4.74. The molecule has 2 aromatic rings. The Hall–Kier alpha value is -1.42. The van der Waals surface area contributed by atoms with Crippen LogP contribution in [-0.2, 0) is 4.43 Å². The second-order valence-corrected chi connectivity index (χ2v) is 9.66. The van der Waals surface area contributed by atoms with E-state index in [1.807, 2.05) is 36.4 Å². The van der Waals surface area contributed by atoms with Crippen molar-refractivity contribution in [2.24, 2.45) is 11.3 Å². The van der Waals surface area contributed by atoms with Crippen molar-refractivity contribution < 1.29 is 9.53 Å². The highest BCUT2D eigenvalue weighted by Gasteiger charge is 2.26. The number of benzene rings is 2. The van der Waals surface area contributed by atoms with Gasteiger partial charge in [0.2, 0.25) is 9.04 Å². The van der Waals surface area contributed by atoms with Gasteiger partial charge in [0, 0.05) is 6.42 Å². The van der Waals surface area contributed by atoms with Gasteiger partial charge in [-0.1, -0.05) is 88.4 Å². The molecule has 23 heavy (non-hydrogen) atoms. The molecular weight excluding hydrogens is 300 g/mol. The number of hydrogen-bond donors (Lipinski definition) is 1. The Bertz CT molecular complexity index is 538. The van der Waals surface area contributed by atoms with Gasteiger partial charge in [0.05, 0.1) is 0 Å². The molecule has 0 aromatic heterocycles. The maximum Gasteiger partial charge on any atom is 0.243 e. The molecule has 2 rings (SSSR count). The van der Waals surface area contributed by atoms with Crippen LogP contribution in [0.1, 0.15) is 34.1 Å². The van der Waals surface area contributed by atoms with Crippen molar-refractivity contribution >= 4 is 19.4 Å². The van der Waals surface area contributed by atoms with Gasteiger partial charge >= 0.3 is 0 Å². The lowest BCUT2D eigenvalue weighted by Crippen LogP contribution is -2.47. The zero-order chi connectivity index (χ0) is 16.9. The van der Waals surface area contributed by atoms with E-state index in [2.05, 4.69) is 52.0 Å². The summed E-state index contributed by atoms with van der Waals surface area (Å²) >= 11 is 0. The normalized spacial score (nSPS) is 14.7. The van der Waals surface area contributed by atoms with Gasteiger partial charge in [-0.15, -0.1) is 0 Å². The lowest BCUT2D eigenvalue weighted by molar-refractivity contribution is -0.0435. The van der Waals surface area contributed by atoms with E-state index in [-0.39, 0.29) is 5.41 Å². The smallest absolute Gasteiger partial charge is 0.243 e. The minimum absolute atomic E-state index is 0.168. The minimum Gasteiger partial charge on any atom is -0.386 e. The van der Waals surface area contributed by atoms with Crippen molar-refractivity contribution in [1.82, 2.24) is 0 Å². The maximum absolute atomic E-state index is 10.5. The Labute approximate surface area is 141 Å². The van der Waals surface area contributed by atoms with Crippen LogP contribution >= 0.6 is 0 Å². The fraction of sp³-hybridized carbons (Fsp3) is 0.400. The van der Waals surface area contributed by atoms with Gasteiger partial charge in [0.25, 0.3) is 0 Å². The van der Waals surface area contributed by atoms with E-state index in [4.69, 9.17) is 4.43 Å². The molecule has 0 bridgehead atoms. The van der Waals surface area contributed by atoms with Crippen LogP contribution < -0.4 is 10.4 Å². The Morgan fingerprint density at radius 1 is 0.913 bits per heavy atom. The first-order chi connectivity index (χ1) is 10.9. The predicted molar refractivity (Wildman–Crippen MR) is 99.6 cm³/mol. The van der Waals surface area contributed by atoms with Crippen LogP contribution in [0.25, 0.3) is 0 Å². The summed E-state index contributed by atoms with van der Waals surface area (Å²) in [5.41, 5.74) is 0.168. The Kier molecular flexibility index (Phi) is 6.16. The fourth-order valence-electron chi connectivity index (χ4n) is 2.47. The molecule has 0 aliphatic heterocycles. The Morgan fingerprint density at radius 2 is 1.35 bits per heavy atom. The van der Waals surface area contributed by atoms with Crippen LogP contribution in [0.3, 0.4) is 0 Å². The Morgan fingerprint density at radius 3 is 1.74 bits per heavy atom. The summed E-state index contributed by atoms with van der Waals surface area (Å²) in [5.74, 6) is 0.388. The lowest BCUT2D eigenvalue weighted by atomic mass is 9.80. The van der Waals surface area contributed by atoms with E-state index < -0.39 is 15.3 Å². The average Bonchev–Trinajstić information content (AvgIpc) is 2.53. The molecule has 0 aliphatic carbocycles. The highest BCUT2D eigenvalue weighted by molar-refractivity contribution is 6.80. The first-order valence-electron chi connectivity index (χ1n) is 8.31. The van der Waals surface area contributed by atoms with E-state index in [1.165, 1.54) is 10.4 Å². The largest absolute Gasteiger partial charge is 0.386 e. The molecule has 0 fully saturated rings. The quantitative estimate of drug-likeness (QED) is 0.652. The van der Waals surface area contributed by atoms with Crippen molar-refractivity contribution in [2.75, 3.05) is 0 Å². The van der Waals surface area contributed by atoms with Gasteiger partial charge < -0.3 is 9.53 Å². The number of aliphatic hydroxyl groups is 1. The second kappa shape index (κ2) is 7.91. The van der Waals surface area contributed by atoms with Crippen LogP contribution in [-0.4, -0.2) is 20.4 Å². The summed E-state index contributed by atoms with van der Waals surface area (Å²) in [6, 6.07) is 20.6. The zero-order valence-electron chi connectivity index (χ0n) is 14.6. The lowest BCUT2D eigenvalue weighted by Gasteiger charge is -2.30. The summed E-state index contributed by atoms with van der Waals surface area (Å²) < 4.78 is 6.18. The first-order valence-corrected chi connectivity index (χ1v) is 9.94. The molecule has 2 atom stereocenters. The third-order valence-corrected chi connectivity index (χ3v) is 7.10. The predicted octanol–water partition coefficient (Wildman–Crippen LogP) is 2.93. The third-order valence-electron chi connectivity index (χ3n) is 4.53. The van der Waals surface area contributed by atoms with Crippen LogP contribution in [0.15, 0.2) is 60.7 Å². The van der Waals surface area contributed by atoms with Gasteiger partial charge in [-0.25, -0.2) is 0 Å². The Balaban J connectivity index is 2.16. The molecule has 0 radical (unpaired) electrons. The molecule has 0 heterocycles. The molecule has 2 nitrogen and oxygen atoms in total.